The molecule has 0 atom stereocenters. The van der Waals surface area contributed by atoms with Crippen molar-refractivity contribution in [3.05, 3.63) is 117 Å². The van der Waals surface area contributed by atoms with Crippen molar-refractivity contribution < 1.29 is 17.6 Å². The molecule has 39 heavy (non-hydrogen) atoms. The van der Waals surface area contributed by atoms with Gasteiger partial charge in [-0.1, -0.05) is 69.0 Å². The zero-order valence-corrected chi connectivity index (χ0v) is 22.3. The smallest absolute Gasteiger partial charge is 0.141 e. The van der Waals surface area contributed by atoms with Gasteiger partial charge in [-0.25, -0.2) is 17.6 Å². The van der Waals surface area contributed by atoms with Crippen LogP contribution in [0.2, 0.25) is 0 Å². The first-order chi connectivity index (χ1) is 18.9. The van der Waals surface area contributed by atoms with Gasteiger partial charge >= 0.3 is 0 Å². The highest BCUT2D eigenvalue weighted by molar-refractivity contribution is 5.84. The van der Waals surface area contributed by atoms with Gasteiger partial charge in [0.05, 0.1) is 5.56 Å². The Morgan fingerprint density at radius 1 is 0.615 bits per heavy atom. The second kappa shape index (κ2) is 13.4. The van der Waals surface area contributed by atoms with Gasteiger partial charge in [0.25, 0.3) is 0 Å². The topological polar surface area (TPSA) is 23.8 Å². The molecule has 0 saturated heterocycles. The number of unbranched alkanes of at least 4 members (excludes halogenated alkanes) is 4. The number of hydrogen-bond acceptors (Lipinski definition) is 1. The van der Waals surface area contributed by atoms with Crippen molar-refractivity contribution in [1.29, 1.82) is 5.26 Å². The lowest BCUT2D eigenvalue weighted by Crippen LogP contribution is -2.02. The highest BCUT2D eigenvalue weighted by atomic mass is 19.1. The Bertz CT molecular complexity index is 1460. The monoisotopic (exact) mass is 531 g/mol. The summed E-state index contributed by atoms with van der Waals surface area (Å²) in [6.07, 6.45) is 7.68. The van der Waals surface area contributed by atoms with Gasteiger partial charge in [0.1, 0.15) is 29.3 Å². The standard InChI is InChI=1S/C34H33F4N/c1-2-3-4-5-6-7-25-20-32(36)30(33(37)21-25)17-11-23-10-16-29-27(18-23)15-14-26(34(29)38)12-8-24-9-13-28(22-39)31(35)19-24/h9-10,13-16,18-21H,2-8,11-12,17H2,1H3. The van der Waals surface area contributed by atoms with Crippen molar-refractivity contribution in [2.45, 2.75) is 71.1 Å². The maximum atomic E-state index is 15.2. The van der Waals surface area contributed by atoms with Crippen molar-refractivity contribution in [3.63, 3.8) is 0 Å². The molecule has 0 radical (unpaired) electrons. The third-order valence-corrected chi connectivity index (χ3v) is 7.37. The maximum Gasteiger partial charge on any atom is 0.141 e. The molecule has 0 heterocycles. The lowest BCUT2D eigenvalue weighted by Gasteiger charge is -2.11. The van der Waals surface area contributed by atoms with E-state index in [2.05, 4.69) is 6.92 Å². The number of rotatable bonds is 12. The first-order valence-corrected chi connectivity index (χ1v) is 13.7. The molecule has 5 heteroatoms. The lowest BCUT2D eigenvalue weighted by molar-refractivity contribution is 0.549. The summed E-state index contributed by atoms with van der Waals surface area (Å²) in [7, 11) is 0. The summed E-state index contributed by atoms with van der Waals surface area (Å²) in [6.45, 7) is 2.16. The van der Waals surface area contributed by atoms with Gasteiger partial charge in [0.2, 0.25) is 0 Å². The number of aryl methyl sites for hydroxylation is 4. The fraction of sp³-hybridized carbons (Fsp3) is 0.324. The van der Waals surface area contributed by atoms with E-state index in [4.69, 9.17) is 5.26 Å². The van der Waals surface area contributed by atoms with Crippen molar-refractivity contribution in [1.82, 2.24) is 0 Å². The van der Waals surface area contributed by atoms with Crippen LogP contribution in [-0.4, -0.2) is 0 Å². The summed E-state index contributed by atoms with van der Waals surface area (Å²) < 4.78 is 58.6. The van der Waals surface area contributed by atoms with Gasteiger partial charge in [-0.05, 0) is 90.4 Å². The summed E-state index contributed by atoms with van der Waals surface area (Å²) in [4.78, 5) is 0. The number of hydrogen-bond donors (Lipinski definition) is 0. The Balaban J connectivity index is 1.39. The molecule has 0 fully saturated rings. The molecular formula is C34H33F4N. The third-order valence-electron chi connectivity index (χ3n) is 7.37. The average Bonchev–Trinajstić information content (AvgIpc) is 2.92. The third kappa shape index (κ3) is 7.26. The molecule has 0 aliphatic carbocycles. The minimum Gasteiger partial charge on any atom is -0.207 e. The molecule has 4 rings (SSSR count). The molecule has 0 unspecified atom stereocenters. The van der Waals surface area contributed by atoms with Crippen LogP contribution < -0.4 is 0 Å². The van der Waals surface area contributed by atoms with E-state index in [0.29, 0.717) is 47.8 Å². The zero-order valence-electron chi connectivity index (χ0n) is 22.3. The summed E-state index contributed by atoms with van der Waals surface area (Å²) in [5, 5.41) is 10.1. The zero-order chi connectivity index (χ0) is 27.8. The number of nitriles is 1. The van der Waals surface area contributed by atoms with Crippen LogP contribution >= 0.6 is 0 Å². The number of benzene rings is 4. The first kappa shape index (κ1) is 28.4. The normalized spacial score (nSPS) is 11.2. The lowest BCUT2D eigenvalue weighted by atomic mass is 9.96. The van der Waals surface area contributed by atoms with Crippen molar-refractivity contribution in [2.24, 2.45) is 0 Å². The number of halogens is 4. The average molecular weight is 532 g/mol. The summed E-state index contributed by atoms with van der Waals surface area (Å²) in [6, 6.07) is 18.1. The van der Waals surface area contributed by atoms with E-state index in [9.17, 15) is 13.2 Å². The largest absolute Gasteiger partial charge is 0.207 e. The van der Waals surface area contributed by atoms with Crippen LogP contribution in [0.15, 0.2) is 60.7 Å². The highest BCUT2D eigenvalue weighted by Crippen LogP contribution is 2.26. The van der Waals surface area contributed by atoms with Gasteiger partial charge < -0.3 is 0 Å². The van der Waals surface area contributed by atoms with E-state index in [-0.39, 0.29) is 23.4 Å². The maximum absolute atomic E-state index is 15.2. The molecule has 0 amide bonds. The predicted octanol–water partition coefficient (Wildman–Crippen LogP) is 9.35. The van der Waals surface area contributed by atoms with Crippen molar-refractivity contribution in [2.75, 3.05) is 0 Å². The van der Waals surface area contributed by atoms with E-state index in [0.717, 1.165) is 36.6 Å². The number of nitrogens with zero attached hydrogens (tertiary/aromatic N) is 1. The second-order valence-electron chi connectivity index (χ2n) is 10.2. The molecule has 0 spiro atoms. The van der Waals surface area contributed by atoms with Crippen molar-refractivity contribution >= 4 is 10.8 Å². The first-order valence-electron chi connectivity index (χ1n) is 13.7. The van der Waals surface area contributed by atoms with Gasteiger partial charge in [-0.3, -0.25) is 0 Å². The molecule has 202 valence electrons. The van der Waals surface area contributed by atoms with Crippen LogP contribution in [0.5, 0.6) is 0 Å². The molecule has 1 nitrogen and oxygen atoms in total. The van der Waals surface area contributed by atoms with Crippen LogP contribution in [0.1, 0.15) is 72.4 Å². The van der Waals surface area contributed by atoms with E-state index >= 15 is 4.39 Å². The molecular weight excluding hydrogens is 498 g/mol. The van der Waals surface area contributed by atoms with Crippen LogP contribution in [0, 0.1) is 34.6 Å². The molecule has 0 aromatic heterocycles. The molecule has 4 aromatic carbocycles. The quantitative estimate of drug-likeness (QED) is 0.132. The van der Waals surface area contributed by atoms with Gasteiger partial charge in [-0.2, -0.15) is 5.26 Å². The van der Waals surface area contributed by atoms with Gasteiger partial charge in [0.15, 0.2) is 0 Å². The van der Waals surface area contributed by atoms with Crippen LogP contribution in [0.25, 0.3) is 10.8 Å². The molecule has 4 aromatic rings. The molecule has 0 aliphatic rings. The summed E-state index contributed by atoms with van der Waals surface area (Å²) in [5.74, 6) is -1.90. The Labute approximate surface area is 228 Å². The Morgan fingerprint density at radius 2 is 1.28 bits per heavy atom. The van der Waals surface area contributed by atoms with E-state index in [1.807, 2.05) is 12.1 Å². The fourth-order valence-electron chi connectivity index (χ4n) is 5.06. The predicted molar refractivity (Wildman–Crippen MR) is 149 cm³/mol. The van der Waals surface area contributed by atoms with Crippen LogP contribution in [0.4, 0.5) is 17.6 Å². The molecule has 0 bridgehead atoms. The Hall–Kier alpha value is -3.65. The van der Waals surface area contributed by atoms with Gasteiger partial charge in [0, 0.05) is 10.9 Å². The van der Waals surface area contributed by atoms with Crippen LogP contribution in [-0.2, 0) is 32.1 Å². The SMILES string of the molecule is CCCCCCCc1cc(F)c(CCc2ccc3c(F)c(CCc4ccc(C#N)c(F)c4)ccc3c2)c(F)c1. The summed E-state index contributed by atoms with van der Waals surface area (Å²) in [5.41, 5.74) is 2.87. The minimum atomic E-state index is -0.574. The molecule has 0 saturated carbocycles. The highest BCUT2D eigenvalue weighted by Gasteiger charge is 2.13. The molecule has 0 N–H and O–H groups in total. The second-order valence-corrected chi connectivity index (χ2v) is 10.2. The van der Waals surface area contributed by atoms with E-state index in [1.54, 1.807) is 30.3 Å². The Kier molecular flexibility index (Phi) is 9.76. The van der Waals surface area contributed by atoms with Crippen molar-refractivity contribution in [3.8, 4) is 6.07 Å². The summed E-state index contributed by atoms with van der Waals surface area (Å²) >= 11 is 0. The molecule has 0 aliphatic heterocycles. The van der Waals surface area contributed by atoms with E-state index in [1.165, 1.54) is 30.7 Å². The fourth-order valence-corrected chi connectivity index (χ4v) is 5.06. The Morgan fingerprint density at radius 3 is 2.00 bits per heavy atom. The van der Waals surface area contributed by atoms with E-state index < -0.39 is 17.5 Å². The van der Waals surface area contributed by atoms with Gasteiger partial charge in [-0.15, -0.1) is 0 Å². The number of fused-ring (bicyclic) bond motifs is 1. The van der Waals surface area contributed by atoms with Crippen LogP contribution in [0.3, 0.4) is 0 Å². The minimum absolute atomic E-state index is 0.0119.